The van der Waals surface area contributed by atoms with E-state index in [0.717, 1.165) is 37.8 Å². The summed E-state index contributed by atoms with van der Waals surface area (Å²) < 4.78 is 0. The summed E-state index contributed by atoms with van der Waals surface area (Å²) in [7, 11) is 0. The molecular weight excluding hydrogens is 348 g/mol. The molecule has 6 heteroatoms. The van der Waals surface area contributed by atoms with Gasteiger partial charge in [0, 0.05) is 4.88 Å². The molecule has 3 aliphatic carbocycles. The molecule has 4 rings (SSSR count). The molecule has 2 bridgehead atoms. The van der Waals surface area contributed by atoms with Gasteiger partial charge < -0.3 is 10.4 Å². The molecule has 2 saturated carbocycles. The molecule has 0 aromatic carbocycles. The highest BCUT2D eigenvalue weighted by Crippen LogP contribution is 2.57. The largest absolute Gasteiger partial charge is 0.481 e. The highest BCUT2D eigenvalue weighted by molar-refractivity contribution is 7.15. The lowest BCUT2D eigenvalue weighted by molar-refractivity contribution is -0.148. The van der Waals surface area contributed by atoms with Crippen LogP contribution in [-0.2, 0) is 22.4 Å². The van der Waals surface area contributed by atoms with E-state index in [9.17, 15) is 14.7 Å². The molecule has 0 aliphatic heterocycles. The quantitative estimate of drug-likeness (QED) is 0.787. The zero-order chi connectivity index (χ0) is 18.6. The number of aliphatic carboxylic acids is 1. The number of nitrogens with one attached hydrogen (secondary N) is 1. The van der Waals surface area contributed by atoms with Crippen molar-refractivity contribution < 1.29 is 14.7 Å². The predicted molar refractivity (Wildman–Crippen MR) is 101 cm³/mol. The number of allylic oxidation sites excluding steroid dienone is 2. The Balaban J connectivity index is 1.58. The van der Waals surface area contributed by atoms with Crippen LogP contribution in [0.5, 0.6) is 0 Å². The molecule has 3 aliphatic rings. The number of nitrogens with zero attached hydrogens (tertiary/aromatic N) is 1. The molecule has 0 radical (unpaired) electrons. The first-order valence-electron chi connectivity index (χ1n) is 9.56. The van der Waals surface area contributed by atoms with Gasteiger partial charge in [0.1, 0.15) is 0 Å². The second-order valence-electron chi connectivity index (χ2n) is 8.36. The van der Waals surface area contributed by atoms with E-state index in [-0.39, 0.29) is 17.7 Å². The second-order valence-corrected chi connectivity index (χ2v) is 9.45. The molecule has 5 atom stereocenters. The number of rotatable bonds is 3. The number of fused-ring (bicyclic) bond motifs is 3. The van der Waals surface area contributed by atoms with Gasteiger partial charge in [0.25, 0.3) is 0 Å². The van der Waals surface area contributed by atoms with Crippen LogP contribution in [0.4, 0.5) is 5.13 Å². The zero-order valence-electron chi connectivity index (χ0n) is 15.5. The van der Waals surface area contributed by atoms with Gasteiger partial charge in [0.2, 0.25) is 5.91 Å². The zero-order valence-corrected chi connectivity index (χ0v) is 16.4. The minimum atomic E-state index is -0.844. The lowest BCUT2D eigenvalue weighted by Crippen LogP contribution is -2.37. The minimum Gasteiger partial charge on any atom is -0.481 e. The fraction of sp³-hybridized carbons (Fsp3) is 0.650. The summed E-state index contributed by atoms with van der Waals surface area (Å²) in [6, 6.07) is 0. The van der Waals surface area contributed by atoms with Gasteiger partial charge in [-0.25, -0.2) is 4.98 Å². The van der Waals surface area contributed by atoms with Crippen molar-refractivity contribution in [2.24, 2.45) is 29.6 Å². The maximum absolute atomic E-state index is 13.0. The number of hydrogen-bond donors (Lipinski definition) is 2. The van der Waals surface area contributed by atoms with Crippen molar-refractivity contribution >= 4 is 28.3 Å². The molecule has 2 N–H and O–H groups in total. The summed E-state index contributed by atoms with van der Waals surface area (Å²) in [5.41, 5.74) is 3.50. The van der Waals surface area contributed by atoms with E-state index < -0.39 is 17.8 Å². The van der Waals surface area contributed by atoms with Crippen LogP contribution in [0.15, 0.2) is 11.1 Å². The lowest BCUT2D eigenvalue weighted by Gasteiger charge is -2.25. The molecule has 1 amide bonds. The van der Waals surface area contributed by atoms with Crippen molar-refractivity contribution in [3.63, 3.8) is 0 Å². The summed E-state index contributed by atoms with van der Waals surface area (Å²) >= 11 is 1.56. The number of thiazole rings is 1. The normalized spacial score (nSPS) is 32.4. The van der Waals surface area contributed by atoms with Crippen LogP contribution >= 0.6 is 11.3 Å². The van der Waals surface area contributed by atoms with Gasteiger partial charge in [-0.15, -0.1) is 11.3 Å². The summed E-state index contributed by atoms with van der Waals surface area (Å²) in [6.45, 7) is 6.32. The number of amides is 1. The molecule has 26 heavy (non-hydrogen) atoms. The molecule has 0 unspecified atom stereocenters. The highest BCUT2D eigenvalue weighted by atomic mass is 32.1. The summed E-state index contributed by atoms with van der Waals surface area (Å²) in [5.74, 6) is -1.34. The Morgan fingerprint density at radius 3 is 2.50 bits per heavy atom. The average Bonchev–Trinajstić information content (AvgIpc) is 3.23. The van der Waals surface area contributed by atoms with Gasteiger partial charge in [0.15, 0.2) is 5.13 Å². The van der Waals surface area contributed by atoms with Crippen molar-refractivity contribution in [3.8, 4) is 0 Å². The number of hydrogen-bond acceptors (Lipinski definition) is 4. The van der Waals surface area contributed by atoms with Crippen LogP contribution in [0.1, 0.15) is 50.6 Å². The van der Waals surface area contributed by atoms with Gasteiger partial charge >= 0.3 is 5.97 Å². The van der Waals surface area contributed by atoms with Crippen LogP contribution in [0, 0.1) is 29.6 Å². The van der Waals surface area contributed by atoms with Crippen molar-refractivity contribution in [1.82, 2.24) is 4.98 Å². The number of anilines is 1. The third kappa shape index (κ3) is 2.79. The van der Waals surface area contributed by atoms with E-state index in [2.05, 4.69) is 17.2 Å². The number of aromatic nitrogens is 1. The van der Waals surface area contributed by atoms with Gasteiger partial charge in [-0.2, -0.15) is 0 Å². The first-order valence-corrected chi connectivity index (χ1v) is 10.4. The van der Waals surface area contributed by atoms with Crippen LogP contribution in [0.3, 0.4) is 0 Å². The number of aryl methyl sites for hydroxylation is 1. The van der Waals surface area contributed by atoms with Gasteiger partial charge in [-0.3, -0.25) is 9.59 Å². The second kappa shape index (κ2) is 6.48. The molecule has 1 aromatic heterocycles. The summed E-state index contributed by atoms with van der Waals surface area (Å²) in [6.07, 6.45) is 4.93. The first-order chi connectivity index (χ1) is 12.4. The van der Waals surface area contributed by atoms with Crippen LogP contribution < -0.4 is 5.32 Å². The van der Waals surface area contributed by atoms with Crippen molar-refractivity contribution in [1.29, 1.82) is 0 Å². The number of carbonyl (C=O) groups excluding carboxylic acids is 1. The third-order valence-corrected chi connectivity index (χ3v) is 7.46. The van der Waals surface area contributed by atoms with E-state index in [0.29, 0.717) is 11.0 Å². The fourth-order valence-corrected chi connectivity index (χ4v) is 6.56. The standard InChI is InChI=1S/C20H26N2O3S/c1-9(2)15-11-5-6-12(15)17(19(24)25)16(11)18(23)22-20-21-13-7-4-10(3)8-14(13)26-20/h10-12,16-17H,4-8H2,1-3H3,(H,24,25)(H,21,22,23)/t10-,11-,12+,16+,17+/m0/s1. The topological polar surface area (TPSA) is 79.3 Å². The van der Waals surface area contributed by atoms with E-state index in [1.54, 1.807) is 11.3 Å². The van der Waals surface area contributed by atoms with E-state index in [1.807, 2.05) is 13.8 Å². The maximum Gasteiger partial charge on any atom is 0.307 e. The van der Waals surface area contributed by atoms with Crippen molar-refractivity contribution in [2.75, 3.05) is 5.32 Å². The van der Waals surface area contributed by atoms with E-state index in [1.165, 1.54) is 16.0 Å². The highest BCUT2D eigenvalue weighted by Gasteiger charge is 2.57. The molecule has 0 spiro atoms. The predicted octanol–water partition coefficient (Wildman–Crippen LogP) is 3.90. The Labute approximate surface area is 157 Å². The Bertz CT molecular complexity index is 793. The molecular formula is C20H26N2O3S. The Kier molecular flexibility index (Phi) is 4.41. The minimum absolute atomic E-state index is 0.0172. The molecule has 2 fully saturated rings. The molecule has 0 saturated heterocycles. The summed E-state index contributed by atoms with van der Waals surface area (Å²) in [5, 5.41) is 13.4. The van der Waals surface area contributed by atoms with Crippen molar-refractivity contribution in [3.05, 3.63) is 21.7 Å². The molecule has 5 nitrogen and oxygen atoms in total. The third-order valence-electron chi connectivity index (χ3n) is 6.42. The first kappa shape index (κ1) is 17.7. The maximum atomic E-state index is 13.0. The number of carboxylic acid groups (broad SMARTS) is 1. The SMILES string of the molecule is CC(C)=C1[C@H]2CC[C@@H]1[C@@H](C(=O)Nc1nc3c(s1)C[C@@H](C)CC3)[C@@H]2C(=O)O. The Morgan fingerprint density at radius 2 is 1.85 bits per heavy atom. The van der Waals surface area contributed by atoms with E-state index >= 15 is 0 Å². The molecule has 140 valence electrons. The Morgan fingerprint density at radius 1 is 1.15 bits per heavy atom. The van der Waals surface area contributed by atoms with Crippen LogP contribution in [0.25, 0.3) is 0 Å². The molecule has 1 heterocycles. The van der Waals surface area contributed by atoms with Gasteiger partial charge in [-0.05, 0) is 63.7 Å². The fourth-order valence-electron chi connectivity index (χ4n) is 5.39. The van der Waals surface area contributed by atoms with Crippen LogP contribution in [0.2, 0.25) is 0 Å². The average molecular weight is 375 g/mol. The van der Waals surface area contributed by atoms with Crippen LogP contribution in [-0.4, -0.2) is 22.0 Å². The molecule has 1 aromatic rings. The van der Waals surface area contributed by atoms with Gasteiger partial charge in [0.05, 0.1) is 17.5 Å². The van der Waals surface area contributed by atoms with Gasteiger partial charge in [-0.1, -0.05) is 18.1 Å². The Hall–Kier alpha value is -1.69. The number of carboxylic acids is 1. The number of carbonyl (C=O) groups is 2. The van der Waals surface area contributed by atoms with E-state index in [4.69, 9.17) is 0 Å². The summed E-state index contributed by atoms with van der Waals surface area (Å²) in [4.78, 5) is 30.8. The lowest BCUT2D eigenvalue weighted by atomic mass is 9.79. The smallest absolute Gasteiger partial charge is 0.307 e. The van der Waals surface area contributed by atoms with Crippen molar-refractivity contribution in [2.45, 2.75) is 52.9 Å². The monoisotopic (exact) mass is 374 g/mol.